The molecular formula is C10H16N2O. The molecule has 2 atom stereocenters. The molecule has 0 bridgehead atoms. The highest BCUT2D eigenvalue weighted by Gasteiger charge is 2.16. The average Bonchev–Trinajstić information content (AvgIpc) is 2.16. The van der Waals surface area contributed by atoms with Crippen LogP contribution in [0.4, 0.5) is 0 Å². The third kappa shape index (κ3) is 2.26. The molecule has 0 fully saturated rings. The first kappa shape index (κ1) is 10.2. The topological polar surface area (TPSA) is 59.1 Å². The monoisotopic (exact) mass is 180 g/mol. The van der Waals surface area contributed by atoms with Gasteiger partial charge in [0.2, 0.25) is 0 Å². The number of hydrogen-bond donors (Lipinski definition) is 2. The molecule has 0 saturated heterocycles. The molecule has 3 heteroatoms. The van der Waals surface area contributed by atoms with Crippen LogP contribution in [0, 0.1) is 6.92 Å². The van der Waals surface area contributed by atoms with E-state index in [1.54, 1.807) is 12.4 Å². The first-order valence-corrected chi connectivity index (χ1v) is 4.51. The summed E-state index contributed by atoms with van der Waals surface area (Å²) in [6.07, 6.45) is 3.55. The van der Waals surface area contributed by atoms with Crippen molar-refractivity contribution in [1.82, 2.24) is 4.98 Å². The van der Waals surface area contributed by atoms with E-state index in [4.69, 9.17) is 5.73 Å². The highest BCUT2D eigenvalue weighted by atomic mass is 16.3. The van der Waals surface area contributed by atoms with Crippen molar-refractivity contribution >= 4 is 0 Å². The largest absolute Gasteiger partial charge is 0.387 e. The molecule has 3 nitrogen and oxygen atoms in total. The molecule has 0 aromatic carbocycles. The molecule has 72 valence electrons. The summed E-state index contributed by atoms with van der Waals surface area (Å²) in [5.74, 6) is 0. The van der Waals surface area contributed by atoms with Crippen LogP contribution in [0.5, 0.6) is 0 Å². The molecule has 1 aromatic heterocycles. The van der Waals surface area contributed by atoms with Crippen molar-refractivity contribution in [3.05, 3.63) is 29.6 Å². The third-order valence-corrected chi connectivity index (χ3v) is 2.28. The lowest BCUT2D eigenvalue weighted by Crippen LogP contribution is -2.27. The maximum absolute atomic E-state index is 9.80. The first-order valence-electron chi connectivity index (χ1n) is 4.51. The second-order valence-electron chi connectivity index (χ2n) is 3.25. The van der Waals surface area contributed by atoms with Crippen LogP contribution < -0.4 is 5.73 Å². The average molecular weight is 180 g/mol. The lowest BCUT2D eigenvalue weighted by atomic mass is 9.99. The quantitative estimate of drug-likeness (QED) is 0.733. The lowest BCUT2D eigenvalue weighted by Gasteiger charge is -2.18. The summed E-state index contributed by atoms with van der Waals surface area (Å²) in [5, 5.41) is 9.80. The minimum Gasteiger partial charge on any atom is -0.387 e. The van der Waals surface area contributed by atoms with E-state index in [0.717, 1.165) is 17.5 Å². The fraction of sp³-hybridized carbons (Fsp3) is 0.500. The molecule has 0 radical (unpaired) electrons. The summed E-state index contributed by atoms with van der Waals surface area (Å²) in [6.45, 7) is 3.90. The number of nitrogens with zero attached hydrogens (tertiary/aromatic N) is 1. The minimum atomic E-state index is -0.598. The number of rotatable bonds is 3. The van der Waals surface area contributed by atoms with Gasteiger partial charge in [-0.2, -0.15) is 0 Å². The second kappa shape index (κ2) is 4.35. The van der Waals surface area contributed by atoms with Crippen LogP contribution in [0.15, 0.2) is 18.5 Å². The van der Waals surface area contributed by atoms with Crippen molar-refractivity contribution in [2.75, 3.05) is 0 Å². The summed E-state index contributed by atoms with van der Waals surface area (Å²) in [4.78, 5) is 3.97. The summed E-state index contributed by atoms with van der Waals surface area (Å²) in [7, 11) is 0. The molecule has 1 heterocycles. The second-order valence-corrected chi connectivity index (χ2v) is 3.25. The summed E-state index contributed by atoms with van der Waals surface area (Å²) in [6, 6.07) is 1.67. The number of nitrogens with two attached hydrogens (primary N) is 1. The maximum Gasteiger partial charge on any atom is 0.0958 e. The molecule has 13 heavy (non-hydrogen) atoms. The molecule has 1 aromatic rings. The van der Waals surface area contributed by atoms with E-state index in [1.165, 1.54) is 0 Å². The Bertz CT molecular complexity index is 275. The maximum atomic E-state index is 9.80. The summed E-state index contributed by atoms with van der Waals surface area (Å²) >= 11 is 0. The molecule has 0 spiro atoms. The number of pyridine rings is 1. The Morgan fingerprint density at radius 3 is 2.85 bits per heavy atom. The number of hydrogen-bond acceptors (Lipinski definition) is 3. The normalized spacial score (nSPS) is 15.4. The van der Waals surface area contributed by atoms with Crippen LogP contribution in [-0.4, -0.2) is 16.1 Å². The van der Waals surface area contributed by atoms with E-state index < -0.39 is 6.10 Å². The van der Waals surface area contributed by atoms with Gasteiger partial charge in [0, 0.05) is 24.0 Å². The van der Waals surface area contributed by atoms with Crippen LogP contribution >= 0.6 is 0 Å². The molecule has 0 amide bonds. The molecule has 3 N–H and O–H groups in total. The zero-order valence-corrected chi connectivity index (χ0v) is 8.07. The predicted octanol–water partition coefficient (Wildman–Crippen LogP) is 1.16. The number of aliphatic hydroxyl groups is 1. The van der Waals surface area contributed by atoms with Gasteiger partial charge in [-0.25, -0.2) is 0 Å². The van der Waals surface area contributed by atoms with Crippen molar-refractivity contribution in [2.45, 2.75) is 32.4 Å². The summed E-state index contributed by atoms with van der Waals surface area (Å²) < 4.78 is 0. The van der Waals surface area contributed by atoms with Gasteiger partial charge in [-0.3, -0.25) is 4.98 Å². The smallest absolute Gasteiger partial charge is 0.0958 e. The standard InChI is InChI=1S/C10H16N2O/c1-3-9(11)10(13)8-6-12-5-4-7(8)2/h4-6,9-10,13H,3,11H2,1-2H3. The van der Waals surface area contributed by atoms with Gasteiger partial charge in [-0.15, -0.1) is 0 Å². The fourth-order valence-corrected chi connectivity index (χ4v) is 1.24. The number of aliphatic hydroxyl groups excluding tert-OH is 1. The lowest BCUT2D eigenvalue weighted by molar-refractivity contribution is 0.143. The van der Waals surface area contributed by atoms with Crippen molar-refractivity contribution in [3.63, 3.8) is 0 Å². The molecule has 0 saturated carbocycles. The van der Waals surface area contributed by atoms with Crippen LogP contribution in [0.3, 0.4) is 0 Å². The highest BCUT2D eigenvalue weighted by molar-refractivity contribution is 5.24. The van der Waals surface area contributed by atoms with Crippen molar-refractivity contribution in [1.29, 1.82) is 0 Å². The SMILES string of the molecule is CCC(N)C(O)c1cnccc1C. The Hall–Kier alpha value is -0.930. The summed E-state index contributed by atoms with van der Waals surface area (Å²) in [5.41, 5.74) is 7.60. The molecule has 0 aliphatic rings. The van der Waals surface area contributed by atoms with Gasteiger partial charge in [-0.05, 0) is 25.0 Å². The van der Waals surface area contributed by atoms with E-state index in [1.807, 2.05) is 19.9 Å². The van der Waals surface area contributed by atoms with E-state index in [0.29, 0.717) is 0 Å². The predicted molar refractivity (Wildman–Crippen MR) is 52.2 cm³/mol. The molecule has 1 rings (SSSR count). The molecular weight excluding hydrogens is 164 g/mol. The van der Waals surface area contributed by atoms with Crippen molar-refractivity contribution in [3.8, 4) is 0 Å². The van der Waals surface area contributed by atoms with Gasteiger partial charge in [0.15, 0.2) is 0 Å². The Balaban J connectivity index is 2.88. The highest BCUT2D eigenvalue weighted by Crippen LogP contribution is 2.19. The van der Waals surface area contributed by atoms with Gasteiger partial charge in [-0.1, -0.05) is 6.92 Å². The Kier molecular flexibility index (Phi) is 3.39. The fourth-order valence-electron chi connectivity index (χ4n) is 1.24. The van der Waals surface area contributed by atoms with E-state index in [9.17, 15) is 5.11 Å². The molecule has 0 aliphatic carbocycles. The molecule has 0 aliphatic heterocycles. The van der Waals surface area contributed by atoms with Crippen molar-refractivity contribution in [2.24, 2.45) is 5.73 Å². The van der Waals surface area contributed by atoms with Crippen molar-refractivity contribution < 1.29 is 5.11 Å². The van der Waals surface area contributed by atoms with Crippen LogP contribution in [0.2, 0.25) is 0 Å². The zero-order valence-electron chi connectivity index (χ0n) is 8.07. The number of aromatic nitrogens is 1. The minimum absolute atomic E-state index is 0.206. The van der Waals surface area contributed by atoms with Gasteiger partial charge in [0.05, 0.1) is 6.10 Å². The van der Waals surface area contributed by atoms with E-state index in [2.05, 4.69) is 4.98 Å². The Labute approximate surface area is 78.6 Å². The van der Waals surface area contributed by atoms with E-state index >= 15 is 0 Å². The molecule has 2 unspecified atom stereocenters. The van der Waals surface area contributed by atoms with Crippen LogP contribution in [0.1, 0.15) is 30.6 Å². The van der Waals surface area contributed by atoms with Gasteiger partial charge < -0.3 is 10.8 Å². The van der Waals surface area contributed by atoms with Gasteiger partial charge in [0.25, 0.3) is 0 Å². The van der Waals surface area contributed by atoms with Gasteiger partial charge in [0.1, 0.15) is 0 Å². The van der Waals surface area contributed by atoms with E-state index in [-0.39, 0.29) is 6.04 Å². The first-order chi connectivity index (χ1) is 6.16. The Morgan fingerprint density at radius 1 is 1.62 bits per heavy atom. The van der Waals surface area contributed by atoms with Gasteiger partial charge >= 0.3 is 0 Å². The number of aryl methyl sites for hydroxylation is 1. The van der Waals surface area contributed by atoms with Crippen LogP contribution in [-0.2, 0) is 0 Å². The zero-order chi connectivity index (χ0) is 9.84. The third-order valence-electron chi connectivity index (χ3n) is 2.28. The Morgan fingerprint density at radius 2 is 2.31 bits per heavy atom. The van der Waals surface area contributed by atoms with Crippen LogP contribution in [0.25, 0.3) is 0 Å².